The third-order valence-electron chi connectivity index (χ3n) is 5.02. The van der Waals surface area contributed by atoms with Crippen LogP contribution in [0.2, 0.25) is 5.02 Å². The van der Waals surface area contributed by atoms with E-state index in [1.165, 1.54) is 0 Å². The number of hydrogen-bond donors (Lipinski definition) is 1. The Morgan fingerprint density at radius 1 is 1.27 bits per heavy atom. The van der Waals surface area contributed by atoms with Crippen molar-refractivity contribution in [3.8, 4) is 0 Å². The Kier molecular flexibility index (Phi) is 4.59. The predicted octanol–water partition coefficient (Wildman–Crippen LogP) is 2.52. The minimum absolute atomic E-state index is 0.284. The molecule has 3 rings (SSSR count). The SMILES string of the molecule is CCC1(C(=O)N2CCN(c3ccccc3Cl)CC2)CCCN1. The molecule has 1 atom stereocenters. The first-order chi connectivity index (χ1) is 10.7. The van der Waals surface area contributed by atoms with Gasteiger partial charge in [-0.1, -0.05) is 30.7 Å². The maximum Gasteiger partial charge on any atom is 0.242 e. The quantitative estimate of drug-likeness (QED) is 0.929. The Hall–Kier alpha value is -1.26. The summed E-state index contributed by atoms with van der Waals surface area (Å²) < 4.78 is 0. The summed E-state index contributed by atoms with van der Waals surface area (Å²) in [5.74, 6) is 0.284. The van der Waals surface area contributed by atoms with E-state index in [1.54, 1.807) is 0 Å². The average Bonchev–Trinajstić information content (AvgIpc) is 3.05. The molecule has 1 unspecified atom stereocenters. The van der Waals surface area contributed by atoms with Crippen molar-refractivity contribution in [2.75, 3.05) is 37.6 Å². The fraction of sp³-hybridized carbons (Fsp3) is 0.588. The Balaban J connectivity index is 1.64. The number of amides is 1. The highest BCUT2D eigenvalue weighted by Crippen LogP contribution is 2.28. The molecule has 2 aliphatic rings. The number of piperazine rings is 1. The monoisotopic (exact) mass is 321 g/mol. The van der Waals surface area contributed by atoms with Gasteiger partial charge < -0.3 is 15.1 Å². The maximum atomic E-state index is 12.9. The van der Waals surface area contributed by atoms with Gasteiger partial charge in [-0.2, -0.15) is 0 Å². The van der Waals surface area contributed by atoms with E-state index >= 15 is 0 Å². The smallest absolute Gasteiger partial charge is 0.242 e. The zero-order valence-electron chi connectivity index (χ0n) is 13.1. The molecular weight excluding hydrogens is 298 g/mol. The zero-order chi connectivity index (χ0) is 15.6. The van der Waals surface area contributed by atoms with Crippen molar-refractivity contribution < 1.29 is 4.79 Å². The second-order valence-electron chi connectivity index (χ2n) is 6.20. The maximum absolute atomic E-state index is 12.9. The first kappa shape index (κ1) is 15.6. The summed E-state index contributed by atoms with van der Waals surface area (Å²) in [6.07, 6.45) is 2.93. The highest BCUT2D eigenvalue weighted by Gasteiger charge is 2.42. The summed E-state index contributed by atoms with van der Waals surface area (Å²) in [6.45, 7) is 6.29. The number of carbonyl (C=O) groups excluding carboxylic acids is 1. The molecule has 0 saturated carbocycles. The lowest BCUT2D eigenvalue weighted by molar-refractivity contribution is -0.138. The van der Waals surface area contributed by atoms with Gasteiger partial charge in [0.25, 0.3) is 0 Å². The van der Waals surface area contributed by atoms with Crippen molar-refractivity contribution in [1.29, 1.82) is 0 Å². The highest BCUT2D eigenvalue weighted by molar-refractivity contribution is 6.33. The lowest BCUT2D eigenvalue weighted by atomic mass is 9.92. The molecule has 5 heteroatoms. The van der Waals surface area contributed by atoms with Crippen LogP contribution in [0.4, 0.5) is 5.69 Å². The number of benzene rings is 1. The molecule has 1 aromatic rings. The second-order valence-corrected chi connectivity index (χ2v) is 6.60. The third-order valence-corrected chi connectivity index (χ3v) is 5.34. The lowest BCUT2D eigenvalue weighted by Crippen LogP contribution is -2.59. The molecule has 120 valence electrons. The van der Waals surface area contributed by atoms with E-state index in [9.17, 15) is 4.79 Å². The van der Waals surface area contributed by atoms with Crippen LogP contribution in [0.15, 0.2) is 24.3 Å². The lowest BCUT2D eigenvalue weighted by Gasteiger charge is -2.40. The summed E-state index contributed by atoms with van der Waals surface area (Å²) in [6, 6.07) is 7.92. The molecule has 0 aromatic heterocycles. The molecule has 4 nitrogen and oxygen atoms in total. The van der Waals surface area contributed by atoms with Crippen LogP contribution in [0, 0.1) is 0 Å². The summed E-state index contributed by atoms with van der Waals surface area (Å²) in [5, 5.41) is 4.23. The molecule has 2 heterocycles. The van der Waals surface area contributed by atoms with E-state index in [4.69, 9.17) is 11.6 Å². The number of carbonyl (C=O) groups is 1. The summed E-state index contributed by atoms with van der Waals surface area (Å²) in [4.78, 5) is 17.2. The number of rotatable bonds is 3. The summed E-state index contributed by atoms with van der Waals surface area (Å²) in [5.41, 5.74) is 0.757. The van der Waals surface area contributed by atoms with Crippen molar-refractivity contribution in [3.05, 3.63) is 29.3 Å². The minimum atomic E-state index is -0.313. The van der Waals surface area contributed by atoms with Crippen molar-refractivity contribution in [2.24, 2.45) is 0 Å². The van der Waals surface area contributed by atoms with Gasteiger partial charge in [0.2, 0.25) is 5.91 Å². The molecule has 0 spiro atoms. The standard InChI is InChI=1S/C17H24ClN3O/c1-2-17(8-5-9-19-17)16(22)21-12-10-20(11-13-21)15-7-4-3-6-14(15)18/h3-4,6-7,19H,2,5,8-13H2,1H3. The van der Waals surface area contributed by atoms with Crippen LogP contribution in [-0.2, 0) is 4.79 Å². The molecule has 2 saturated heterocycles. The van der Waals surface area contributed by atoms with Crippen molar-refractivity contribution in [1.82, 2.24) is 10.2 Å². The molecule has 1 amide bonds. The van der Waals surface area contributed by atoms with Gasteiger partial charge in [-0.05, 0) is 37.9 Å². The van der Waals surface area contributed by atoms with Gasteiger partial charge in [-0.25, -0.2) is 0 Å². The molecule has 2 aliphatic heterocycles. The van der Waals surface area contributed by atoms with Crippen LogP contribution >= 0.6 is 11.6 Å². The van der Waals surface area contributed by atoms with E-state index in [1.807, 2.05) is 29.2 Å². The van der Waals surface area contributed by atoms with E-state index < -0.39 is 0 Å². The van der Waals surface area contributed by atoms with Crippen molar-refractivity contribution in [3.63, 3.8) is 0 Å². The number of halogens is 1. The van der Waals surface area contributed by atoms with Crippen LogP contribution in [-0.4, -0.2) is 49.1 Å². The topological polar surface area (TPSA) is 35.6 Å². The summed E-state index contributed by atoms with van der Waals surface area (Å²) in [7, 11) is 0. The fourth-order valence-corrected chi connectivity index (χ4v) is 3.86. The first-order valence-electron chi connectivity index (χ1n) is 8.20. The molecule has 2 fully saturated rings. The molecule has 0 radical (unpaired) electrons. The number of nitrogens with zero attached hydrogens (tertiary/aromatic N) is 2. The van der Waals surface area contributed by atoms with Gasteiger partial charge in [0.05, 0.1) is 16.2 Å². The first-order valence-corrected chi connectivity index (χ1v) is 8.58. The Morgan fingerprint density at radius 3 is 2.59 bits per heavy atom. The van der Waals surface area contributed by atoms with Crippen LogP contribution in [0.1, 0.15) is 26.2 Å². The van der Waals surface area contributed by atoms with Crippen molar-refractivity contribution in [2.45, 2.75) is 31.7 Å². The number of para-hydroxylation sites is 1. The van der Waals surface area contributed by atoms with Crippen LogP contribution < -0.4 is 10.2 Å². The Bertz CT molecular complexity index is 534. The van der Waals surface area contributed by atoms with Gasteiger partial charge in [0, 0.05) is 26.2 Å². The van der Waals surface area contributed by atoms with Crippen LogP contribution in [0.5, 0.6) is 0 Å². The van der Waals surface area contributed by atoms with E-state index in [-0.39, 0.29) is 11.4 Å². The molecule has 0 bridgehead atoms. The van der Waals surface area contributed by atoms with E-state index in [2.05, 4.69) is 17.1 Å². The predicted molar refractivity (Wildman–Crippen MR) is 90.5 cm³/mol. The second kappa shape index (κ2) is 6.47. The van der Waals surface area contributed by atoms with E-state index in [0.717, 1.165) is 62.7 Å². The Labute approximate surface area is 137 Å². The van der Waals surface area contributed by atoms with Gasteiger partial charge in [0.15, 0.2) is 0 Å². The number of hydrogen-bond acceptors (Lipinski definition) is 3. The summed E-state index contributed by atoms with van der Waals surface area (Å²) >= 11 is 6.27. The minimum Gasteiger partial charge on any atom is -0.367 e. The number of nitrogens with one attached hydrogen (secondary N) is 1. The zero-order valence-corrected chi connectivity index (χ0v) is 13.9. The van der Waals surface area contributed by atoms with Gasteiger partial charge in [-0.15, -0.1) is 0 Å². The number of anilines is 1. The van der Waals surface area contributed by atoms with E-state index in [0.29, 0.717) is 0 Å². The highest BCUT2D eigenvalue weighted by atomic mass is 35.5. The van der Waals surface area contributed by atoms with Gasteiger partial charge in [0.1, 0.15) is 0 Å². The van der Waals surface area contributed by atoms with Crippen LogP contribution in [0.3, 0.4) is 0 Å². The fourth-order valence-electron chi connectivity index (χ4n) is 3.60. The van der Waals surface area contributed by atoms with Gasteiger partial charge in [-0.3, -0.25) is 4.79 Å². The van der Waals surface area contributed by atoms with Crippen LogP contribution in [0.25, 0.3) is 0 Å². The molecule has 0 aliphatic carbocycles. The average molecular weight is 322 g/mol. The molecule has 1 aromatic carbocycles. The van der Waals surface area contributed by atoms with Crippen molar-refractivity contribution >= 4 is 23.2 Å². The van der Waals surface area contributed by atoms with Gasteiger partial charge >= 0.3 is 0 Å². The third kappa shape index (κ3) is 2.82. The normalized spacial score (nSPS) is 25.5. The largest absolute Gasteiger partial charge is 0.367 e. The molecular formula is C17H24ClN3O. The molecule has 22 heavy (non-hydrogen) atoms. The molecule has 1 N–H and O–H groups in total. The Morgan fingerprint density at radius 2 is 2.00 bits per heavy atom.